The van der Waals surface area contributed by atoms with Crippen molar-refractivity contribution in [2.75, 3.05) is 12.3 Å². The number of nitrogen functional groups attached to an aromatic ring is 1. The summed E-state index contributed by atoms with van der Waals surface area (Å²) in [5.41, 5.74) is 7.05. The number of nitrogens with zero attached hydrogens (tertiary/aromatic N) is 3. The zero-order chi connectivity index (χ0) is 12.4. The van der Waals surface area contributed by atoms with Crippen LogP contribution < -0.4 is 5.73 Å². The fourth-order valence-corrected chi connectivity index (χ4v) is 2.84. The average molecular weight is 262 g/mol. The highest BCUT2D eigenvalue weighted by atomic mass is 32.1. The van der Waals surface area contributed by atoms with E-state index in [-0.39, 0.29) is 0 Å². The Morgan fingerprint density at radius 2 is 2.33 bits per heavy atom. The van der Waals surface area contributed by atoms with Crippen molar-refractivity contribution >= 4 is 17.2 Å². The molecule has 2 aromatic heterocycles. The van der Waals surface area contributed by atoms with E-state index in [2.05, 4.69) is 26.8 Å². The van der Waals surface area contributed by atoms with Crippen molar-refractivity contribution in [3.05, 3.63) is 34.7 Å². The third kappa shape index (κ3) is 2.91. The molecule has 0 unspecified atom stereocenters. The molecule has 2 N–H and O–H groups in total. The van der Waals surface area contributed by atoms with E-state index in [1.807, 2.05) is 16.9 Å². The van der Waals surface area contributed by atoms with Crippen LogP contribution in [0.1, 0.15) is 18.4 Å². The van der Waals surface area contributed by atoms with E-state index in [0.29, 0.717) is 5.82 Å². The Morgan fingerprint density at radius 1 is 1.44 bits per heavy atom. The first kappa shape index (κ1) is 11.7. The molecule has 1 saturated carbocycles. The number of anilines is 1. The predicted molar refractivity (Wildman–Crippen MR) is 74.4 cm³/mol. The Labute approximate surface area is 111 Å². The van der Waals surface area contributed by atoms with E-state index in [1.165, 1.54) is 18.4 Å². The molecule has 0 aliphatic heterocycles. The molecule has 1 fully saturated rings. The van der Waals surface area contributed by atoms with Gasteiger partial charge in [-0.05, 0) is 41.3 Å². The van der Waals surface area contributed by atoms with E-state index in [1.54, 1.807) is 11.3 Å². The summed E-state index contributed by atoms with van der Waals surface area (Å²) < 4.78 is 1.93. The highest BCUT2D eigenvalue weighted by molar-refractivity contribution is 7.07. The first-order chi connectivity index (χ1) is 8.81. The van der Waals surface area contributed by atoms with Gasteiger partial charge in [-0.2, -0.15) is 16.4 Å². The lowest BCUT2D eigenvalue weighted by Crippen LogP contribution is -2.29. The summed E-state index contributed by atoms with van der Waals surface area (Å²) in [5, 5.41) is 8.61. The van der Waals surface area contributed by atoms with Crippen LogP contribution in [0.5, 0.6) is 0 Å². The molecule has 0 spiro atoms. The molecule has 1 aliphatic rings. The normalized spacial score (nSPS) is 15.4. The maximum Gasteiger partial charge on any atom is 0.145 e. The lowest BCUT2D eigenvalue weighted by molar-refractivity contribution is 0.240. The van der Waals surface area contributed by atoms with Gasteiger partial charge in [0, 0.05) is 25.3 Å². The minimum absolute atomic E-state index is 0.603. The molecule has 0 bridgehead atoms. The quantitative estimate of drug-likeness (QED) is 0.868. The molecule has 3 rings (SSSR count). The Kier molecular flexibility index (Phi) is 3.34. The third-order valence-corrected chi connectivity index (χ3v) is 4.04. The first-order valence-electron chi connectivity index (χ1n) is 6.35. The highest BCUT2D eigenvalue weighted by Crippen LogP contribution is 2.28. The summed E-state index contributed by atoms with van der Waals surface area (Å²) in [6.07, 6.45) is 4.63. The van der Waals surface area contributed by atoms with Crippen LogP contribution in [-0.2, 0) is 13.1 Å². The Bertz CT molecular complexity index is 487. The van der Waals surface area contributed by atoms with Crippen molar-refractivity contribution < 1.29 is 0 Å². The topological polar surface area (TPSA) is 47.1 Å². The van der Waals surface area contributed by atoms with Crippen LogP contribution in [-0.4, -0.2) is 27.3 Å². The van der Waals surface area contributed by atoms with Crippen LogP contribution in [0, 0.1) is 0 Å². The molecule has 2 heterocycles. The van der Waals surface area contributed by atoms with Crippen LogP contribution in [0.2, 0.25) is 0 Å². The van der Waals surface area contributed by atoms with Gasteiger partial charge in [-0.15, -0.1) is 0 Å². The van der Waals surface area contributed by atoms with Crippen LogP contribution in [0.25, 0.3) is 0 Å². The summed E-state index contributed by atoms with van der Waals surface area (Å²) in [6, 6.07) is 4.84. The van der Waals surface area contributed by atoms with E-state index < -0.39 is 0 Å². The molecular formula is C13H18N4S. The number of nitrogens with two attached hydrogens (primary N) is 1. The largest absolute Gasteiger partial charge is 0.382 e. The lowest BCUT2D eigenvalue weighted by Gasteiger charge is -2.21. The molecule has 18 heavy (non-hydrogen) atoms. The molecule has 0 radical (unpaired) electrons. The summed E-state index contributed by atoms with van der Waals surface area (Å²) in [7, 11) is 0. The second kappa shape index (κ2) is 5.12. The van der Waals surface area contributed by atoms with Crippen molar-refractivity contribution in [2.24, 2.45) is 0 Å². The highest BCUT2D eigenvalue weighted by Gasteiger charge is 2.28. The van der Waals surface area contributed by atoms with E-state index in [0.717, 1.165) is 25.7 Å². The summed E-state index contributed by atoms with van der Waals surface area (Å²) in [4.78, 5) is 2.56. The smallest absolute Gasteiger partial charge is 0.145 e. The lowest BCUT2D eigenvalue weighted by atomic mass is 10.3. The second-order valence-corrected chi connectivity index (χ2v) is 5.62. The van der Waals surface area contributed by atoms with Gasteiger partial charge in [0.05, 0.1) is 6.54 Å². The molecular weight excluding hydrogens is 244 g/mol. The number of rotatable bonds is 6. The third-order valence-electron chi connectivity index (χ3n) is 3.31. The van der Waals surface area contributed by atoms with Crippen LogP contribution in [0.3, 0.4) is 0 Å². The molecule has 0 atom stereocenters. The average Bonchev–Trinajstić information content (AvgIpc) is 2.92. The standard InChI is InChI=1S/C13H18N4S/c14-13-3-5-17(15-13)7-6-16(12-1-2-12)9-11-4-8-18-10-11/h3-5,8,10,12H,1-2,6-7,9H2,(H2,14,15). The maximum absolute atomic E-state index is 5.62. The van der Waals surface area contributed by atoms with Gasteiger partial charge in [-0.1, -0.05) is 0 Å². The van der Waals surface area contributed by atoms with Crippen LogP contribution >= 0.6 is 11.3 Å². The minimum Gasteiger partial charge on any atom is -0.382 e. The van der Waals surface area contributed by atoms with Crippen molar-refractivity contribution in [1.29, 1.82) is 0 Å². The second-order valence-electron chi connectivity index (χ2n) is 4.84. The number of aromatic nitrogens is 2. The van der Waals surface area contributed by atoms with Gasteiger partial charge in [-0.25, -0.2) is 0 Å². The molecule has 2 aromatic rings. The van der Waals surface area contributed by atoms with Crippen molar-refractivity contribution in [3.63, 3.8) is 0 Å². The van der Waals surface area contributed by atoms with Gasteiger partial charge in [-0.3, -0.25) is 9.58 Å². The molecule has 0 amide bonds. The summed E-state index contributed by atoms with van der Waals surface area (Å²) in [6.45, 7) is 3.02. The predicted octanol–water partition coefficient (Wildman–Crippen LogP) is 2.19. The van der Waals surface area contributed by atoms with E-state index in [4.69, 9.17) is 5.73 Å². The zero-order valence-corrected chi connectivity index (χ0v) is 11.1. The Balaban J connectivity index is 1.57. The summed E-state index contributed by atoms with van der Waals surface area (Å²) >= 11 is 1.77. The molecule has 96 valence electrons. The van der Waals surface area contributed by atoms with Gasteiger partial charge in [0.25, 0.3) is 0 Å². The first-order valence-corrected chi connectivity index (χ1v) is 7.29. The Morgan fingerprint density at radius 3 is 2.94 bits per heavy atom. The van der Waals surface area contributed by atoms with E-state index in [9.17, 15) is 0 Å². The van der Waals surface area contributed by atoms with Crippen molar-refractivity contribution in [3.8, 4) is 0 Å². The molecule has 4 nitrogen and oxygen atoms in total. The maximum atomic E-state index is 5.62. The fourth-order valence-electron chi connectivity index (χ4n) is 2.18. The zero-order valence-electron chi connectivity index (χ0n) is 10.3. The molecule has 5 heteroatoms. The van der Waals surface area contributed by atoms with Gasteiger partial charge in [0.1, 0.15) is 5.82 Å². The van der Waals surface area contributed by atoms with Crippen LogP contribution in [0.4, 0.5) is 5.82 Å². The SMILES string of the molecule is Nc1ccn(CCN(Cc2ccsc2)C2CC2)n1. The van der Waals surface area contributed by atoms with Gasteiger partial charge >= 0.3 is 0 Å². The van der Waals surface area contributed by atoms with Gasteiger partial charge in [0.15, 0.2) is 0 Å². The van der Waals surface area contributed by atoms with Crippen molar-refractivity contribution in [2.45, 2.75) is 32.0 Å². The fraction of sp³-hybridized carbons (Fsp3) is 0.462. The number of hydrogen-bond donors (Lipinski definition) is 1. The van der Waals surface area contributed by atoms with Crippen molar-refractivity contribution in [1.82, 2.24) is 14.7 Å². The minimum atomic E-state index is 0.603. The summed E-state index contributed by atoms with van der Waals surface area (Å²) in [5.74, 6) is 0.603. The number of hydrogen-bond acceptors (Lipinski definition) is 4. The van der Waals surface area contributed by atoms with Crippen LogP contribution in [0.15, 0.2) is 29.1 Å². The van der Waals surface area contributed by atoms with E-state index >= 15 is 0 Å². The monoisotopic (exact) mass is 262 g/mol. The van der Waals surface area contributed by atoms with Gasteiger partial charge < -0.3 is 5.73 Å². The Hall–Kier alpha value is -1.33. The number of thiophene rings is 1. The molecule has 1 aliphatic carbocycles. The molecule has 0 aromatic carbocycles. The van der Waals surface area contributed by atoms with Gasteiger partial charge in [0.2, 0.25) is 0 Å². The molecule has 0 saturated heterocycles.